The van der Waals surface area contributed by atoms with E-state index in [1.807, 2.05) is 0 Å². The Morgan fingerprint density at radius 1 is 0.418 bits per heavy atom. The maximum atomic E-state index is 14.3. The molecule has 38 heteroatoms. The summed E-state index contributed by atoms with van der Waals surface area (Å²) in [6.07, 6.45) is 29.2. The Morgan fingerprint density at radius 2 is 0.799 bits per heavy atom. The first-order valence-electron chi connectivity index (χ1n) is 49.8. The van der Waals surface area contributed by atoms with Crippen LogP contribution in [0, 0.1) is 0 Å². The van der Waals surface area contributed by atoms with Gasteiger partial charge in [0.25, 0.3) is 0 Å². The number of aliphatic hydroxyl groups excluding tert-OH is 13. The van der Waals surface area contributed by atoms with Gasteiger partial charge in [0.1, 0.15) is 66.6 Å². The molecule has 0 spiro atoms. The summed E-state index contributed by atoms with van der Waals surface area (Å²) in [4.78, 5) is 56.0. The largest absolute Gasteiger partial charge is 0.396 e. The summed E-state index contributed by atoms with van der Waals surface area (Å²) in [6, 6.07) is 0. The first-order chi connectivity index (χ1) is 65.1. The fraction of sp³-hybridized carbons (Fsp3) is 0.875. The van der Waals surface area contributed by atoms with Crippen molar-refractivity contribution in [1.82, 2.24) is 26.2 Å². The number of allylic oxidation sites excluding steroid dienone is 8. The van der Waals surface area contributed by atoms with Gasteiger partial charge in [-0.05, 0) is 110 Å². The van der Waals surface area contributed by atoms with Gasteiger partial charge in [-0.3, -0.25) is 19.2 Å². The third kappa shape index (κ3) is 60.7. The molecular formula is C96H177N5O33. The van der Waals surface area contributed by atoms with Gasteiger partial charge in [-0.2, -0.15) is 0 Å². The molecule has 784 valence electrons. The number of ether oxygens (including phenoxy) is 16. The second-order valence-electron chi connectivity index (χ2n) is 34.6. The van der Waals surface area contributed by atoms with Gasteiger partial charge in [-0.15, -0.1) is 0 Å². The van der Waals surface area contributed by atoms with Gasteiger partial charge in [0.05, 0.1) is 171 Å². The van der Waals surface area contributed by atoms with Crippen LogP contribution >= 0.6 is 0 Å². The third-order valence-electron chi connectivity index (χ3n) is 22.9. The highest BCUT2D eigenvalue weighted by atomic mass is 16.7. The van der Waals surface area contributed by atoms with Crippen LogP contribution in [0.15, 0.2) is 48.6 Å². The summed E-state index contributed by atoms with van der Waals surface area (Å²) < 4.78 is 92.1. The number of aliphatic hydroxyl groups is 13. The molecule has 15 atom stereocenters. The molecule has 3 heterocycles. The van der Waals surface area contributed by atoms with E-state index in [0.717, 1.165) is 83.6 Å². The predicted octanol–water partition coefficient (Wildman–Crippen LogP) is 3.95. The van der Waals surface area contributed by atoms with Gasteiger partial charge in [0, 0.05) is 71.3 Å². The second kappa shape index (κ2) is 82.2. The third-order valence-corrected chi connectivity index (χ3v) is 22.9. The number of nitrogens with zero attached hydrogens (tertiary/aromatic N) is 1. The van der Waals surface area contributed by atoms with Crippen molar-refractivity contribution in [1.29, 1.82) is 0 Å². The van der Waals surface area contributed by atoms with Gasteiger partial charge >= 0.3 is 0 Å². The summed E-state index contributed by atoms with van der Waals surface area (Å²) in [5.74, 6) is -2.03. The zero-order valence-electron chi connectivity index (χ0n) is 81.0. The van der Waals surface area contributed by atoms with E-state index >= 15 is 0 Å². The van der Waals surface area contributed by atoms with Gasteiger partial charge < -0.3 is 168 Å². The van der Waals surface area contributed by atoms with Crippen LogP contribution < -0.4 is 21.3 Å². The number of hydrogen-bond donors (Lipinski definition) is 17. The molecule has 0 radical (unpaired) electrons. The maximum absolute atomic E-state index is 14.3. The van der Waals surface area contributed by atoms with Crippen LogP contribution in [0.2, 0.25) is 0 Å². The van der Waals surface area contributed by atoms with Crippen LogP contribution in [0.4, 0.5) is 0 Å². The van der Waals surface area contributed by atoms with Crippen molar-refractivity contribution in [3.63, 3.8) is 0 Å². The van der Waals surface area contributed by atoms with Gasteiger partial charge in [-0.25, -0.2) is 0 Å². The molecule has 5 unspecified atom stereocenters. The van der Waals surface area contributed by atoms with E-state index in [-0.39, 0.29) is 220 Å². The first-order valence-corrected chi connectivity index (χ1v) is 49.8. The predicted molar refractivity (Wildman–Crippen MR) is 500 cm³/mol. The van der Waals surface area contributed by atoms with Crippen LogP contribution in [0.1, 0.15) is 232 Å². The maximum Gasteiger partial charge on any atom is 0.222 e. The lowest BCUT2D eigenvalue weighted by Crippen LogP contribution is -2.59. The number of amides is 4. The topological polar surface area (TPSA) is 530 Å². The SMILES string of the molecule is CCCCC/C=C\C/C=C\CCCCCCCCC1(CCCCCCCC/C=C\C/C=C\CCCCC)OC[C@H](CN(C)CCCCCC(=O)NC(COCCC(=O)NCCOCCOCCO[C@@H]2OC(CO)[C@@H](O)C(O)[C@H]2O)(COCCC(=O)NCCOCCOCCO[C@@H]2OC(CO)[C@@H](O)C(O)[C@H]2O)COCCC(=O)NCCOCCOCCO[C@H](O)[C@H](O)C(O)[C@H](O)CCO)O1. The highest BCUT2D eigenvalue weighted by Crippen LogP contribution is 2.36. The van der Waals surface area contributed by atoms with Crippen molar-refractivity contribution in [2.24, 2.45) is 0 Å². The van der Waals surface area contributed by atoms with E-state index in [2.05, 4.69) is 95.7 Å². The molecule has 0 aromatic heterocycles. The molecule has 0 bridgehead atoms. The lowest BCUT2D eigenvalue weighted by Gasteiger charge is -2.39. The Morgan fingerprint density at radius 3 is 1.21 bits per heavy atom. The molecule has 4 amide bonds. The Bertz CT molecular complexity index is 2810. The number of nitrogens with one attached hydrogen (secondary N) is 4. The van der Waals surface area contributed by atoms with Crippen molar-refractivity contribution in [2.45, 2.75) is 336 Å². The van der Waals surface area contributed by atoms with Crippen molar-refractivity contribution >= 4 is 23.6 Å². The smallest absolute Gasteiger partial charge is 0.222 e. The molecular weight excluding hydrogens is 1750 g/mol. The van der Waals surface area contributed by atoms with Crippen LogP contribution in [0.5, 0.6) is 0 Å². The van der Waals surface area contributed by atoms with Crippen molar-refractivity contribution < 1.29 is 161 Å². The van der Waals surface area contributed by atoms with E-state index in [9.17, 15) is 80.5 Å². The van der Waals surface area contributed by atoms with Crippen LogP contribution in [0.25, 0.3) is 0 Å². The van der Waals surface area contributed by atoms with Crippen LogP contribution in [-0.4, -0.2) is 403 Å². The quantitative estimate of drug-likeness (QED) is 0.0233. The molecule has 3 rings (SSSR count). The van der Waals surface area contributed by atoms with Crippen LogP contribution in [-0.2, 0) is 95.0 Å². The molecule has 17 N–H and O–H groups in total. The van der Waals surface area contributed by atoms with Crippen LogP contribution in [0.3, 0.4) is 0 Å². The highest BCUT2D eigenvalue weighted by molar-refractivity contribution is 5.77. The summed E-state index contributed by atoms with van der Waals surface area (Å²) in [5, 5.41) is 140. The summed E-state index contributed by atoms with van der Waals surface area (Å²) in [5.41, 5.74) is -1.41. The number of carbonyl (C=O) groups excluding carboxylic acids is 4. The van der Waals surface area contributed by atoms with Crippen molar-refractivity contribution in [3.8, 4) is 0 Å². The average molecular weight is 1930 g/mol. The number of rotatable bonds is 91. The Balaban J connectivity index is 1.64. The fourth-order valence-electron chi connectivity index (χ4n) is 14.9. The summed E-state index contributed by atoms with van der Waals surface area (Å²) in [7, 11) is 2.09. The molecule has 134 heavy (non-hydrogen) atoms. The van der Waals surface area contributed by atoms with E-state index in [1.54, 1.807) is 0 Å². The molecule has 3 aliphatic rings. The lowest BCUT2D eigenvalue weighted by molar-refractivity contribution is -0.302. The number of unbranched alkanes of at least 4 members (excludes halogenated alkanes) is 20. The van der Waals surface area contributed by atoms with Crippen molar-refractivity contribution in [2.75, 3.05) is 205 Å². The Kier molecular flexibility index (Phi) is 76.0. The Hall–Kier alpha value is -4.36. The lowest BCUT2D eigenvalue weighted by atomic mass is 9.98. The van der Waals surface area contributed by atoms with E-state index in [0.29, 0.717) is 19.6 Å². The van der Waals surface area contributed by atoms with Gasteiger partial charge in [0.2, 0.25) is 23.6 Å². The minimum absolute atomic E-state index is 0.0120. The fourth-order valence-corrected chi connectivity index (χ4v) is 14.9. The zero-order chi connectivity index (χ0) is 97.6. The van der Waals surface area contributed by atoms with E-state index in [1.165, 1.54) is 103 Å². The van der Waals surface area contributed by atoms with E-state index in [4.69, 9.17) is 80.9 Å². The highest BCUT2D eigenvalue weighted by Gasteiger charge is 2.46. The number of likely N-dealkylation sites (N-methyl/N-ethyl adjacent to an activating group) is 1. The zero-order valence-corrected chi connectivity index (χ0v) is 81.0. The number of hydrogen-bond acceptors (Lipinski definition) is 34. The normalized spacial score (nSPS) is 21.9. The summed E-state index contributed by atoms with van der Waals surface area (Å²) >= 11 is 0. The molecule has 38 nitrogen and oxygen atoms in total. The van der Waals surface area contributed by atoms with E-state index < -0.39 is 117 Å². The molecule has 3 aliphatic heterocycles. The second-order valence-corrected chi connectivity index (χ2v) is 34.6. The minimum Gasteiger partial charge on any atom is -0.396 e. The summed E-state index contributed by atoms with van der Waals surface area (Å²) in [6.45, 7) is 5.40. The number of carbonyl (C=O) groups is 4. The minimum atomic E-state index is -1.83. The Labute approximate surface area is 796 Å². The monoisotopic (exact) mass is 1930 g/mol. The molecule has 3 saturated heterocycles. The molecule has 0 aromatic carbocycles. The molecule has 0 aromatic rings. The van der Waals surface area contributed by atoms with Crippen molar-refractivity contribution in [3.05, 3.63) is 48.6 Å². The molecule has 3 fully saturated rings. The molecule has 0 aliphatic carbocycles. The standard InChI is InChI=1S/C96H177N5O33/c1-4-6-8-10-12-14-16-18-20-22-24-26-28-30-32-36-44-96(45-37-33-31-29-27-25-23-21-19-17-15-13-11-9-7-5-2)131-72-76(134-96)69-101(3)49-38-34-35-39-83(109)100-95(73-125-51-41-80(106)97-46-54-119-57-60-122-63-66-128-92(118)89(115)84(110)77(105)40-50-102,74-126-52-42-81(107)98-47-55-120-58-61-123-64-67-129-93-90(116)87(113)85(111)78(70-103)132-93)75-127-53-43-82(108)99-48-56-121-59-62-124-65-68-130-94-91(117)88(114)86(112)79(71-104)133-94/h12-15,18-21,76-79,84-94,102-105,110-118H,4-11,16-17,22-75H2,1-3H3,(H,97,106)(H,98,107)(H,99,108)(H,100,109)/b14-12-,15-13-,20-18-,21-19-/t76-,77+,78?,79?,84?,85+,86+,87?,88?,89+,90+,91+,92-,93+,94+,95?/m0/s1. The van der Waals surface area contributed by atoms with Gasteiger partial charge in [0.15, 0.2) is 24.7 Å². The van der Waals surface area contributed by atoms with Gasteiger partial charge in [-0.1, -0.05) is 146 Å². The first kappa shape index (κ1) is 124. The average Bonchev–Trinajstić information content (AvgIpc) is 1.13. The molecule has 0 saturated carbocycles.